The lowest BCUT2D eigenvalue weighted by atomic mass is 10.1. The lowest BCUT2D eigenvalue weighted by Crippen LogP contribution is -2.39. The second kappa shape index (κ2) is 8.66. The molecule has 1 aromatic carbocycles. The average molecular weight is 348 g/mol. The number of nitrogens with one attached hydrogen (secondary N) is 1. The Labute approximate surface area is 147 Å². The summed E-state index contributed by atoms with van der Waals surface area (Å²) in [7, 11) is 1.91. The summed E-state index contributed by atoms with van der Waals surface area (Å²) in [5, 5.41) is 3.09. The normalized spacial score (nSPS) is 12.0. The van der Waals surface area contributed by atoms with E-state index in [0.29, 0.717) is 18.8 Å². The number of pyridine rings is 1. The van der Waals surface area contributed by atoms with Crippen LogP contribution in [0.25, 0.3) is 0 Å². The van der Waals surface area contributed by atoms with Crippen LogP contribution in [0.2, 0.25) is 5.15 Å². The summed E-state index contributed by atoms with van der Waals surface area (Å²) in [6.07, 6.45) is 1.58. The van der Waals surface area contributed by atoms with Gasteiger partial charge in [0.2, 0.25) is 5.91 Å². The summed E-state index contributed by atoms with van der Waals surface area (Å²) >= 11 is 5.97. The van der Waals surface area contributed by atoms with E-state index < -0.39 is 0 Å². The third kappa shape index (κ3) is 4.94. The molecule has 0 spiro atoms. The summed E-state index contributed by atoms with van der Waals surface area (Å²) in [5.74, 6) is 0.722. The fourth-order valence-electron chi connectivity index (χ4n) is 2.20. The summed E-state index contributed by atoms with van der Waals surface area (Å²) in [4.78, 5) is 18.3. The van der Waals surface area contributed by atoms with Crippen molar-refractivity contribution in [3.8, 4) is 5.75 Å². The third-order valence-electron chi connectivity index (χ3n) is 3.72. The Bertz CT molecular complexity index is 676. The number of rotatable bonds is 7. The van der Waals surface area contributed by atoms with E-state index in [1.165, 1.54) is 0 Å². The van der Waals surface area contributed by atoms with Crippen LogP contribution in [0.5, 0.6) is 5.75 Å². The second-order valence-corrected chi connectivity index (χ2v) is 5.86. The molecule has 0 unspecified atom stereocenters. The summed E-state index contributed by atoms with van der Waals surface area (Å²) in [6, 6.07) is 11.0. The van der Waals surface area contributed by atoms with Crippen LogP contribution < -0.4 is 10.1 Å². The summed E-state index contributed by atoms with van der Waals surface area (Å²) in [5.41, 5.74) is 1.63. The van der Waals surface area contributed by atoms with Gasteiger partial charge in [0.05, 0.1) is 18.3 Å². The van der Waals surface area contributed by atoms with Gasteiger partial charge in [0, 0.05) is 12.7 Å². The maximum atomic E-state index is 12.4. The maximum absolute atomic E-state index is 12.4. The zero-order valence-electron chi connectivity index (χ0n) is 14.1. The number of anilines is 1. The van der Waals surface area contributed by atoms with Crippen LogP contribution >= 0.6 is 11.6 Å². The summed E-state index contributed by atoms with van der Waals surface area (Å²) < 4.78 is 5.43. The Balaban J connectivity index is 1.94. The second-order valence-electron chi connectivity index (χ2n) is 5.50. The van der Waals surface area contributed by atoms with Gasteiger partial charge in [0.1, 0.15) is 5.75 Å². The predicted octanol–water partition coefficient (Wildman–Crippen LogP) is 3.59. The largest absolute Gasteiger partial charge is 0.494 e. The van der Waals surface area contributed by atoms with Crippen molar-refractivity contribution in [1.29, 1.82) is 0 Å². The lowest BCUT2D eigenvalue weighted by molar-refractivity contribution is -0.120. The number of aromatic nitrogens is 1. The Kier molecular flexibility index (Phi) is 6.58. The van der Waals surface area contributed by atoms with Crippen LogP contribution in [0.3, 0.4) is 0 Å². The van der Waals surface area contributed by atoms with Crippen molar-refractivity contribution in [2.75, 3.05) is 19.0 Å². The van der Waals surface area contributed by atoms with Gasteiger partial charge in [-0.05, 0) is 50.7 Å². The van der Waals surface area contributed by atoms with E-state index >= 15 is 0 Å². The fraction of sp³-hybridized carbons (Fsp3) is 0.333. The molecule has 1 amide bonds. The van der Waals surface area contributed by atoms with E-state index in [1.807, 2.05) is 50.1 Å². The molecular weight excluding hydrogens is 326 g/mol. The maximum Gasteiger partial charge on any atom is 0.241 e. The number of carbonyl (C=O) groups is 1. The van der Waals surface area contributed by atoms with Gasteiger partial charge < -0.3 is 10.1 Å². The molecule has 0 radical (unpaired) electrons. The highest BCUT2D eigenvalue weighted by Crippen LogP contribution is 2.19. The number of hydrogen-bond acceptors (Lipinski definition) is 4. The van der Waals surface area contributed by atoms with Crippen molar-refractivity contribution in [1.82, 2.24) is 9.88 Å². The molecule has 0 saturated heterocycles. The van der Waals surface area contributed by atoms with Crippen molar-refractivity contribution in [2.24, 2.45) is 0 Å². The first-order chi connectivity index (χ1) is 11.5. The molecule has 1 heterocycles. The van der Waals surface area contributed by atoms with E-state index in [0.717, 1.165) is 11.3 Å². The van der Waals surface area contributed by atoms with Gasteiger partial charge in [0.25, 0.3) is 0 Å². The predicted molar refractivity (Wildman–Crippen MR) is 96.4 cm³/mol. The third-order valence-corrected chi connectivity index (χ3v) is 4.03. The number of carbonyl (C=O) groups excluding carboxylic acids is 1. The van der Waals surface area contributed by atoms with Crippen LogP contribution in [-0.4, -0.2) is 35.5 Å². The van der Waals surface area contributed by atoms with Crippen LogP contribution in [0, 0.1) is 0 Å². The molecule has 1 aromatic heterocycles. The number of halogens is 1. The topological polar surface area (TPSA) is 54.5 Å². The van der Waals surface area contributed by atoms with Gasteiger partial charge in [-0.2, -0.15) is 0 Å². The van der Waals surface area contributed by atoms with Crippen molar-refractivity contribution < 1.29 is 9.53 Å². The SMILES string of the molecule is CCOc1ccc(CN(C)[C@@H](C)C(=O)Nc2cccnc2Cl)cc1. The number of nitrogens with zero attached hydrogens (tertiary/aromatic N) is 2. The zero-order chi connectivity index (χ0) is 17.5. The molecule has 5 nitrogen and oxygen atoms in total. The molecular formula is C18H22ClN3O2. The smallest absolute Gasteiger partial charge is 0.241 e. The quantitative estimate of drug-likeness (QED) is 0.778. The first-order valence-corrected chi connectivity index (χ1v) is 8.22. The number of amides is 1. The molecule has 1 N–H and O–H groups in total. The number of likely N-dealkylation sites (N-methyl/N-ethyl adjacent to an activating group) is 1. The molecule has 0 saturated carbocycles. The Hall–Kier alpha value is -2.11. The van der Waals surface area contributed by atoms with E-state index in [2.05, 4.69) is 10.3 Å². The molecule has 0 aliphatic carbocycles. The molecule has 2 aromatic rings. The number of ether oxygens (including phenoxy) is 1. The Morgan fingerprint density at radius 3 is 2.67 bits per heavy atom. The van der Waals surface area contributed by atoms with Crippen LogP contribution in [0.4, 0.5) is 5.69 Å². The van der Waals surface area contributed by atoms with E-state index in [1.54, 1.807) is 18.3 Å². The molecule has 128 valence electrons. The molecule has 0 bridgehead atoms. The van der Waals surface area contributed by atoms with Gasteiger partial charge in [-0.3, -0.25) is 9.69 Å². The first-order valence-electron chi connectivity index (χ1n) is 7.84. The first kappa shape index (κ1) is 18.2. The van der Waals surface area contributed by atoms with Crippen LogP contribution in [0.15, 0.2) is 42.6 Å². The lowest BCUT2D eigenvalue weighted by Gasteiger charge is -2.24. The van der Waals surface area contributed by atoms with Crippen molar-refractivity contribution >= 4 is 23.2 Å². The van der Waals surface area contributed by atoms with E-state index in [4.69, 9.17) is 16.3 Å². The fourth-order valence-corrected chi connectivity index (χ4v) is 2.37. The van der Waals surface area contributed by atoms with Gasteiger partial charge >= 0.3 is 0 Å². The van der Waals surface area contributed by atoms with Crippen molar-refractivity contribution in [3.05, 3.63) is 53.3 Å². The minimum Gasteiger partial charge on any atom is -0.494 e. The summed E-state index contributed by atoms with van der Waals surface area (Å²) in [6.45, 7) is 5.11. The minimum absolute atomic E-state index is 0.127. The van der Waals surface area contributed by atoms with Gasteiger partial charge in [-0.15, -0.1) is 0 Å². The highest BCUT2D eigenvalue weighted by atomic mass is 35.5. The molecule has 24 heavy (non-hydrogen) atoms. The Morgan fingerprint density at radius 1 is 1.33 bits per heavy atom. The van der Waals surface area contributed by atoms with Crippen LogP contribution in [-0.2, 0) is 11.3 Å². The number of benzene rings is 1. The monoisotopic (exact) mass is 347 g/mol. The van der Waals surface area contributed by atoms with Crippen molar-refractivity contribution in [3.63, 3.8) is 0 Å². The molecule has 0 fully saturated rings. The average Bonchev–Trinajstić information content (AvgIpc) is 2.58. The molecule has 0 aliphatic rings. The van der Waals surface area contributed by atoms with Crippen LogP contribution in [0.1, 0.15) is 19.4 Å². The van der Waals surface area contributed by atoms with Gasteiger partial charge in [-0.1, -0.05) is 23.7 Å². The highest BCUT2D eigenvalue weighted by Gasteiger charge is 2.19. The zero-order valence-corrected chi connectivity index (χ0v) is 14.9. The molecule has 0 aliphatic heterocycles. The van der Waals surface area contributed by atoms with E-state index in [9.17, 15) is 4.79 Å². The standard InChI is InChI=1S/C18H22ClN3O2/c1-4-24-15-9-7-14(8-10-15)12-22(3)13(2)18(23)21-16-6-5-11-20-17(16)19/h5-11,13H,4,12H2,1-3H3,(H,21,23)/t13-/m0/s1. The number of hydrogen-bond donors (Lipinski definition) is 1. The molecule has 6 heteroatoms. The van der Waals surface area contributed by atoms with Crippen molar-refractivity contribution in [2.45, 2.75) is 26.4 Å². The highest BCUT2D eigenvalue weighted by molar-refractivity contribution is 6.32. The molecule has 1 atom stereocenters. The Morgan fingerprint density at radius 2 is 2.04 bits per heavy atom. The molecule has 2 rings (SSSR count). The minimum atomic E-state index is -0.312. The van der Waals surface area contributed by atoms with E-state index in [-0.39, 0.29) is 17.1 Å². The van der Waals surface area contributed by atoms with Gasteiger partial charge in [-0.25, -0.2) is 4.98 Å². The van der Waals surface area contributed by atoms with Gasteiger partial charge in [0.15, 0.2) is 5.15 Å².